The minimum atomic E-state index is -0.470. The number of nitrogens with two attached hydrogens (primary N) is 1. The number of benzene rings is 1. The second kappa shape index (κ2) is 4.97. The molecule has 1 aromatic carbocycles. The number of carbonyl (C=O) groups excluding carboxylic acids is 1. The molecule has 0 fully saturated rings. The Hall–Kier alpha value is -2.21. The maximum absolute atomic E-state index is 11.0. The molecule has 1 amide bonds. The van der Waals surface area contributed by atoms with Crippen LogP contribution >= 0.6 is 11.3 Å². The summed E-state index contributed by atoms with van der Waals surface area (Å²) >= 11 is 1.24. The summed E-state index contributed by atoms with van der Waals surface area (Å²) in [7, 11) is 1.85. The molecular formula is C12H12N4OS. The van der Waals surface area contributed by atoms with E-state index in [-0.39, 0.29) is 0 Å². The van der Waals surface area contributed by atoms with Gasteiger partial charge in [-0.15, -0.1) is 0 Å². The van der Waals surface area contributed by atoms with Crippen molar-refractivity contribution in [1.29, 1.82) is 0 Å². The standard InChI is InChI=1S/C12H12N4OS/c1-14-8-5-3-4-6-9(8)16(2)12-15-7-10(18-12)11(13)17/h3-7H,1H2,2H3,(H2,13,17). The monoisotopic (exact) mass is 260 g/mol. The number of thiazole rings is 1. The predicted molar refractivity (Wildman–Crippen MR) is 74.3 cm³/mol. The van der Waals surface area contributed by atoms with Crippen LogP contribution in [-0.4, -0.2) is 24.7 Å². The Kier molecular flexibility index (Phi) is 3.38. The fourth-order valence-corrected chi connectivity index (χ4v) is 2.26. The number of hydrogen-bond donors (Lipinski definition) is 1. The highest BCUT2D eigenvalue weighted by Crippen LogP contribution is 2.34. The van der Waals surface area contributed by atoms with Gasteiger partial charge in [-0.2, -0.15) is 0 Å². The fraction of sp³-hybridized carbons (Fsp3) is 0.0833. The van der Waals surface area contributed by atoms with Crippen molar-refractivity contribution < 1.29 is 4.79 Å². The van der Waals surface area contributed by atoms with Crippen LogP contribution in [-0.2, 0) is 0 Å². The largest absolute Gasteiger partial charge is 0.365 e. The van der Waals surface area contributed by atoms with Gasteiger partial charge < -0.3 is 10.6 Å². The van der Waals surface area contributed by atoms with Gasteiger partial charge in [-0.3, -0.25) is 9.79 Å². The molecule has 0 radical (unpaired) electrons. The Morgan fingerprint density at radius 2 is 2.22 bits per heavy atom. The van der Waals surface area contributed by atoms with Gasteiger partial charge in [0, 0.05) is 7.05 Å². The van der Waals surface area contributed by atoms with Gasteiger partial charge >= 0.3 is 0 Å². The van der Waals surface area contributed by atoms with Crippen molar-refractivity contribution >= 4 is 40.5 Å². The van der Waals surface area contributed by atoms with E-state index >= 15 is 0 Å². The van der Waals surface area contributed by atoms with Crippen LogP contribution in [0.1, 0.15) is 9.67 Å². The van der Waals surface area contributed by atoms with Crippen LogP contribution in [0.5, 0.6) is 0 Å². The number of aliphatic imine (C=N–C) groups is 1. The van der Waals surface area contributed by atoms with Crippen molar-refractivity contribution in [3.05, 3.63) is 35.3 Å². The molecule has 0 spiro atoms. The quantitative estimate of drug-likeness (QED) is 0.858. The van der Waals surface area contributed by atoms with E-state index in [2.05, 4.69) is 16.7 Å². The van der Waals surface area contributed by atoms with Gasteiger partial charge in [-0.25, -0.2) is 4.98 Å². The first-order chi connectivity index (χ1) is 8.63. The number of anilines is 2. The van der Waals surface area contributed by atoms with Crippen LogP contribution in [0.15, 0.2) is 35.5 Å². The first kappa shape index (κ1) is 12.3. The smallest absolute Gasteiger partial charge is 0.260 e. The van der Waals surface area contributed by atoms with Crippen LogP contribution < -0.4 is 10.6 Å². The lowest BCUT2D eigenvalue weighted by Crippen LogP contribution is -2.09. The molecule has 0 aliphatic heterocycles. The van der Waals surface area contributed by atoms with Crippen LogP contribution in [0.2, 0.25) is 0 Å². The predicted octanol–water partition coefficient (Wildman–Crippen LogP) is 2.34. The Bertz CT molecular complexity index is 593. The summed E-state index contributed by atoms with van der Waals surface area (Å²) in [6, 6.07) is 7.57. The lowest BCUT2D eigenvalue weighted by Gasteiger charge is -2.17. The van der Waals surface area contributed by atoms with Gasteiger partial charge in [-0.1, -0.05) is 23.5 Å². The number of amides is 1. The molecule has 0 aliphatic carbocycles. The highest BCUT2D eigenvalue weighted by molar-refractivity contribution is 7.17. The van der Waals surface area contributed by atoms with Crippen molar-refractivity contribution in [2.75, 3.05) is 11.9 Å². The van der Waals surface area contributed by atoms with Crippen molar-refractivity contribution in [2.24, 2.45) is 10.7 Å². The Morgan fingerprint density at radius 3 is 2.83 bits per heavy atom. The second-order valence-corrected chi connectivity index (χ2v) is 4.59. The molecule has 0 bridgehead atoms. The summed E-state index contributed by atoms with van der Waals surface area (Å²) in [4.78, 5) is 21.4. The minimum absolute atomic E-state index is 0.431. The van der Waals surface area contributed by atoms with Gasteiger partial charge in [0.15, 0.2) is 5.13 Å². The Balaban J connectivity index is 2.37. The van der Waals surface area contributed by atoms with Crippen molar-refractivity contribution in [3.8, 4) is 0 Å². The van der Waals surface area contributed by atoms with E-state index in [0.29, 0.717) is 10.0 Å². The molecule has 6 heteroatoms. The number of para-hydroxylation sites is 2. The summed E-state index contributed by atoms with van der Waals surface area (Å²) in [5, 5.41) is 0.680. The molecule has 0 saturated heterocycles. The third kappa shape index (κ3) is 2.23. The first-order valence-electron chi connectivity index (χ1n) is 5.18. The summed E-state index contributed by atoms with van der Waals surface area (Å²) in [6.07, 6.45) is 1.47. The van der Waals surface area contributed by atoms with E-state index < -0.39 is 5.91 Å². The zero-order chi connectivity index (χ0) is 13.1. The molecular weight excluding hydrogens is 248 g/mol. The van der Waals surface area contributed by atoms with E-state index in [0.717, 1.165) is 11.4 Å². The van der Waals surface area contributed by atoms with Crippen molar-refractivity contribution in [1.82, 2.24) is 4.98 Å². The molecule has 2 aromatic rings. The highest BCUT2D eigenvalue weighted by atomic mass is 32.1. The average molecular weight is 260 g/mol. The number of aromatic nitrogens is 1. The zero-order valence-electron chi connectivity index (χ0n) is 9.83. The van der Waals surface area contributed by atoms with Crippen LogP contribution in [0.25, 0.3) is 0 Å². The number of nitrogens with zero attached hydrogens (tertiary/aromatic N) is 3. The van der Waals surface area contributed by atoms with E-state index in [9.17, 15) is 4.79 Å². The fourth-order valence-electron chi connectivity index (χ4n) is 1.52. The second-order valence-electron chi connectivity index (χ2n) is 3.58. The number of primary amides is 1. The molecule has 2 rings (SSSR count). The molecule has 18 heavy (non-hydrogen) atoms. The first-order valence-corrected chi connectivity index (χ1v) is 6.00. The molecule has 1 aromatic heterocycles. The maximum Gasteiger partial charge on any atom is 0.260 e. The maximum atomic E-state index is 11.0. The lowest BCUT2D eigenvalue weighted by molar-refractivity contribution is 0.100. The molecule has 2 N–H and O–H groups in total. The van der Waals surface area contributed by atoms with Gasteiger partial charge in [0.2, 0.25) is 0 Å². The zero-order valence-corrected chi connectivity index (χ0v) is 10.6. The van der Waals surface area contributed by atoms with Crippen LogP contribution in [0.3, 0.4) is 0 Å². The summed E-state index contributed by atoms with van der Waals surface area (Å²) < 4.78 is 0. The van der Waals surface area contributed by atoms with Gasteiger partial charge in [0.05, 0.1) is 17.6 Å². The van der Waals surface area contributed by atoms with Crippen LogP contribution in [0.4, 0.5) is 16.5 Å². The van der Waals surface area contributed by atoms with Crippen LogP contribution in [0, 0.1) is 0 Å². The molecule has 0 unspecified atom stereocenters. The average Bonchev–Trinajstić information content (AvgIpc) is 2.87. The molecule has 5 nitrogen and oxygen atoms in total. The van der Waals surface area contributed by atoms with Gasteiger partial charge in [0.25, 0.3) is 5.91 Å². The molecule has 0 saturated carbocycles. The highest BCUT2D eigenvalue weighted by Gasteiger charge is 2.13. The van der Waals surface area contributed by atoms with E-state index in [4.69, 9.17) is 5.73 Å². The number of hydrogen-bond acceptors (Lipinski definition) is 5. The molecule has 0 aliphatic rings. The molecule has 0 atom stereocenters. The molecule has 1 heterocycles. The molecule has 92 valence electrons. The minimum Gasteiger partial charge on any atom is -0.365 e. The van der Waals surface area contributed by atoms with E-state index in [1.807, 2.05) is 36.2 Å². The third-order valence-corrected chi connectivity index (χ3v) is 3.53. The van der Waals surface area contributed by atoms with Gasteiger partial charge in [-0.05, 0) is 18.9 Å². The summed E-state index contributed by atoms with van der Waals surface area (Å²) in [6.45, 7) is 3.53. The lowest BCUT2D eigenvalue weighted by atomic mass is 10.2. The van der Waals surface area contributed by atoms with E-state index in [1.54, 1.807) is 0 Å². The van der Waals surface area contributed by atoms with E-state index in [1.165, 1.54) is 17.5 Å². The van der Waals surface area contributed by atoms with Gasteiger partial charge in [0.1, 0.15) is 4.88 Å². The van der Waals surface area contributed by atoms with Crippen molar-refractivity contribution in [3.63, 3.8) is 0 Å². The van der Waals surface area contributed by atoms with Crippen molar-refractivity contribution in [2.45, 2.75) is 0 Å². The SMILES string of the molecule is C=Nc1ccccc1N(C)c1ncc(C(N)=O)s1. The topological polar surface area (TPSA) is 71.6 Å². The third-order valence-electron chi connectivity index (χ3n) is 2.44. The Morgan fingerprint density at radius 1 is 1.50 bits per heavy atom. The summed E-state index contributed by atoms with van der Waals surface area (Å²) in [5.74, 6) is -0.470. The summed E-state index contributed by atoms with van der Waals surface area (Å²) in [5.41, 5.74) is 6.84. The number of rotatable bonds is 4. The Labute approximate surface area is 109 Å². The number of carbonyl (C=O) groups is 1. The normalized spacial score (nSPS) is 10.1.